The van der Waals surface area contributed by atoms with Crippen molar-refractivity contribution < 1.29 is 22.7 Å². The van der Waals surface area contributed by atoms with Crippen LogP contribution in [0.5, 0.6) is 0 Å². The van der Waals surface area contributed by atoms with Crippen molar-refractivity contribution in [3.8, 4) is 0 Å². The Morgan fingerprint density at radius 2 is 1.84 bits per heavy atom. The van der Waals surface area contributed by atoms with Gasteiger partial charge >= 0.3 is 12.1 Å². The zero-order valence-electron chi connectivity index (χ0n) is 13.9. The standard InChI is InChI=1S/C18H19F3N2O2/c1-23(2)10-11-25-17(24)15-8-3-4-9-16(15)22-14-7-5-6-13(12-14)18(19,20)21/h3-9,12,22H,10-11H2,1-2H3. The van der Waals surface area contributed by atoms with E-state index in [4.69, 9.17) is 4.74 Å². The van der Waals surface area contributed by atoms with E-state index in [2.05, 4.69) is 5.32 Å². The fraction of sp³-hybridized carbons (Fsp3) is 0.278. The predicted octanol–water partition coefficient (Wildman–Crippen LogP) is 4.17. The zero-order valence-corrected chi connectivity index (χ0v) is 13.9. The minimum absolute atomic E-state index is 0.226. The van der Waals surface area contributed by atoms with E-state index in [0.29, 0.717) is 12.2 Å². The second kappa shape index (κ2) is 8.02. The van der Waals surface area contributed by atoms with Crippen molar-refractivity contribution >= 4 is 17.3 Å². The summed E-state index contributed by atoms with van der Waals surface area (Å²) in [7, 11) is 3.72. The number of esters is 1. The molecule has 0 bridgehead atoms. The molecule has 0 aliphatic heterocycles. The lowest BCUT2D eigenvalue weighted by atomic mass is 10.1. The smallest absolute Gasteiger partial charge is 0.416 e. The highest BCUT2D eigenvalue weighted by Gasteiger charge is 2.30. The first kappa shape index (κ1) is 18.8. The number of nitrogens with zero attached hydrogens (tertiary/aromatic N) is 1. The number of nitrogens with one attached hydrogen (secondary N) is 1. The number of para-hydroxylation sites is 1. The summed E-state index contributed by atoms with van der Waals surface area (Å²) in [5.74, 6) is -0.531. The number of anilines is 2. The summed E-state index contributed by atoms with van der Waals surface area (Å²) in [6, 6.07) is 11.3. The van der Waals surface area contributed by atoms with E-state index in [9.17, 15) is 18.0 Å². The van der Waals surface area contributed by atoms with Crippen LogP contribution in [0.1, 0.15) is 15.9 Å². The number of hydrogen-bond donors (Lipinski definition) is 1. The molecular weight excluding hydrogens is 333 g/mol. The molecule has 0 spiro atoms. The molecule has 0 radical (unpaired) electrons. The second-order valence-electron chi connectivity index (χ2n) is 5.69. The van der Waals surface area contributed by atoms with Gasteiger partial charge in [-0.3, -0.25) is 0 Å². The Morgan fingerprint density at radius 3 is 2.52 bits per heavy atom. The molecule has 4 nitrogen and oxygen atoms in total. The average molecular weight is 352 g/mol. The molecule has 25 heavy (non-hydrogen) atoms. The van der Waals surface area contributed by atoms with E-state index in [-0.39, 0.29) is 17.9 Å². The number of benzene rings is 2. The van der Waals surface area contributed by atoms with Crippen molar-refractivity contribution in [3.05, 3.63) is 59.7 Å². The summed E-state index contributed by atoms with van der Waals surface area (Å²) in [4.78, 5) is 14.1. The molecule has 2 rings (SSSR count). The maximum absolute atomic E-state index is 12.8. The highest BCUT2D eigenvalue weighted by Crippen LogP contribution is 2.31. The maximum atomic E-state index is 12.8. The Kier molecular flexibility index (Phi) is 6.03. The fourth-order valence-corrected chi connectivity index (χ4v) is 2.10. The first-order valence-electron chi connectivity index (χ1n) is 7.62. The van der Waals surface area contributed by atoms with Crippen LogP contribution in [0.15, 0.2) is 48.5 Å². The average Bonchev–Trinajstić information content (AvgIpc) is 2.54. The van der Waals surface area contributed by atoms with Crippen LogP contribution in [0.2, 0.25) is 0 Å². The van der Waals surface area contributed by atoms with Crippen LogP contribution in [-0.2, 0) is 10.9 Å². The van der Waals surface area contributed by atoms with Crippen LogP contribution in [0.4, 0.5) is 24.5 Å². The van der Waals surface area contributed by atoms with Crippen LogP contribution in [-0.4, -0.2) is 38.1 Å². The molecular formula is C18H19F3N2O2. The van der Waals surface area contributed by atoms with E-state index in [0.717, 1.165) is 12.1 Å². The Labute approximate surface area is 144 Å². The van der Waals surface area contributed by atoms with E-state index >= 15 is 0 Å². The van der Waals surface area contributed by atoms with Gasteiger partial charge < -0.3 is 15.0 Å². The summed E-state index contributed by atoms with van der Waals surface area (Å²) in [6.07, 6.45) is -4.43. The van der Waals surface area contributed by atoms with E-state index in [1.807, 2.05) is 19.0 Å². The SMILES string of the molecule is CN(C)CCOC(=O)c1ccccc1Nc1cccc(C(F)(F)F)c1. The molecule has 0 aliphatic carbocycles. The summed E-state index contributed by atoms with van der Waals surface area (Å²) in [6.45, 7) is 0.804. The number of carbonyl (C=O) groups is 1. The van der Waals surface area contributed by atoms with Crippen molar-refractivity contribution in [2.45, 2.75) is 6.18 Å². The summed E-state index contributed by atoms with van der Waals surface area (Å²) < 4.78 is 43.6. The van der Waals surface area contributed by atoms with Gasteiger partial charge in [0.15, 0.2) is 0 Å². The van der Waals surface area contributed by atoms with Gasteiger partial charge in [0.25, 0.3) is 0 Å². The van der Waals surface area contributed by atoms with Gasteiger partial charge in [0.05, 0.1) is 16.8 Å². The summed E-state index contributed by atoms with van der Waals surface area (Å²) in [5.41, 5.74) is 0.127. The largest absolute Gasteiger partial charge is 0.461 e. The fourth-order valence-electron chi connectivity index (χ4n) is 2.10. The molecule has 2 aromatic rings. The van der Waals surface area contributed by atoms with Crippen LogP contribution >= 0.6 is 0 Å². The quantitative estimate of drug-likeness (QED) is 0.793. The van der Waals surface area contributed by atoms with E-state index in [1.54, 1.807) is 24.3 Å². The van der Waals surface area contributed by atoms with Crippen molar-refractivity contribution in [2.75, 3.05) is 32.6 Å². The molecule has 0 fully saturated rings. The Morgan fingerprint density at radius 1 is 1.12 bits per heavy atom. The molecule has 134 valence electrons. The number of ether oxygens (including phenoxy) is 1. The number of hydrogen-bond acceptors (Lipinski definition) is 4. The minimum Gasteiger partial charge on any atom is -0.461 e. The lowest BCUT2D eigenvalue weighted by molar-refractivity contribution is -0.137. The van der Waals surface area contributed by atoms with Crippen LogP contribution < -0.4 is 5.32 Å². The Balaban J connectivity index is 2.17. The lowest BCUT2D eigenvalue weighted by Gasteiger charge is -2.14. The van der Waals surface area contributed by atoms with Crippen molar-refractivity contribution in [1.29, 1.82) is 0 Å². The zero-order chi connectivity index (χ0) is 18.4. The third-order valence-corrected chi connectivity index (χ3v) is 3.39. The minimum atomic E-state index is -4.43. The van der Waals surface area contributed by atoms with E-state index in [1.165, 1.54) is 12.1 Å². The van der Waals surface area contributed by atoms with Gasteiger partial charge in [-0.15, -0.1) is 0 Å². The van der Waals surface area contributed by atoms with Crippen molar-refractivity contribution in [2.24, 2.45) is 0 Å². The molecule has 0 unspecified atom stereocenters. The molecule has 2 aromatic carbocycles. The molecule has 0 amide bonds. The number of halogens is 3. The number of alkyl halides is 3. The topological polar surface area (TPSA) is 41.6 Å². The number of likely N-dealkylation sites (N-methyl/N-ethyl adjacent to an activating group) is 1. The highest BCUT2D eigenvalue weighted by molar-refractivity contribution is 5.96. The first-order chi connectivity index (χ1) is 11.8. The van der Waals surface area contributed by atoms with Gasteiger partial charge in [-0.1, -0.05) is 18.2 Å². The summed E-state index contributed by atoms with van der Waals surface area (Å²) in [5, 5.41) is 2.85. The third kappa shape index (κ3) is 5.49. The number of carbonyl (C=O) groups excluding carboxylic acids is 1. The van der Waals surface area contributed by atoms with Gasteiger partial charge in [-0.2, -0.15) is 13.2 Å². The van der Waals surface area contributed by atoms with Crippen molar-refractivity contribution in [1.82, 2.24) is 4.90 Å². The molecule has 0 saturated heterocycles. The Bertz CT molecular complexity index is 730. The van der Waals surface area contributed by atoms with E-state index < -0.39 is 17.7 Å². The molecule has 0 atom stereocenters. The predicted molar refractivity (Wildman–Crippen MR) is 90.0 cm³/mol. The first-order valence-corrected chi connectivity index (χ1v) is 7.62. The monoisotopic (exact) mass is 352 g/mol. The Hall–Kier alpha value is -2.54. The molecule has 0 aliphatic rings. The van der Waals surface area contributed by atoms with Gasteiger partial charge in [0.1, 0.15) is 6.61 Å². The van der Waals surface area contributed by atoms with Gasteiger partial charge in [0.2, 0.25) is 0 Å². The highest BCUT2D eigenvalue weighted by atomic mass is 19.4. The molecule has 0 aromatic heterocycles. The second-order valence-corrected chi connectivity index (χ2v) is 5.69. The molecule has 0 saturated carbocycles. The lowest BCUT2D eigenvalue weighted by Crippen LogP contribution is -2.20. The van der Waals surface area contributed by atoms with Crippen LogP contribution in [0.25, 0.3) is 0 Å². The van der Waals surface area contributed by atoms with Crippen LogP contribution in [0.3, 0.4) is 0 Å². The molecule has 7 heteroatoms. The van der Waals surface area contributed by atoms with Gasteiger partial charge in [-0.25, -0.2) is 4.79 Å². The van der Waals surface area contributed by atoms with Crippen LogP contribution in [0, 0.1) is 0 Å². The van der Waals surface area contributed by atoms with Crippen molar-refractivity contribution in [3.63, 3.8) is 0 Å². The normalized spacial score (nSPS) is 11.4. The molecule has 1 N–H and O–H groups in total. The maximum Gasteiger partial charge on any atom is 0.416 e. The van der Waals surface area contributed by atoms with Gasteiger partial charge in [0, 0.05) is 12.2 Å². The summed E-state index contributed by atoms with van der Waals surface area (Å²) >= 11 is 0. The van der Waals surface area contributed by atoms with Gasteiger partial charge in [-0.05, 0) is 44.4 Å². The molecule has 0 heterocycles. The third-order valence-electron chi connectivity index (χ3n) is 3.39. The number of rotatable bonds is 6.